The van der Waals surface area contributed by atoms with Crippen molar-refractivity contribution in [3.63, 3.8) is 0 Å². The van der Waals surface area contributed by atoms with Gasteiger partial charge in [0.1, 0.15) is 11.9 Å². The number of rotatable bonds is 9. The first-order chi connectivity index (χ1) is 15.4. The van der Waals surface area contributed by atoms with Crippen LogP contribution < -0.4 is 4.72 Å². The number of halogens is 1. The van der Waals surface area contributed by atoms with Crippen LogP contribution in [0.2, 0.25) is 0 Å². The lowest BCUT2D eigenvalue weighted by Gasteiger charge is -2.25. The number of methoxy groups -OCH3 is 1. The molecule has 3 aromatic carbocycles. The molecule has 32 heavy (non-hydrogen) atoms. The van der Waals surface area contributed by atoms with E-state index >= 15 is 0 Å². The van der Waals surface area contributed by atoms with E-state index in [1.54, 1.807) is 24.3 Å². The van der Waals surface area contributed by atoms with Gasteiger partial charge in [0.2, 0.25) is 10.0 Å². The highest BCUT2D eigenvalue weighted by atomic mass is 32.2. The van der Waals surface area contributed by atoms with E-state index in [4.69, 9.17) is 4.74 Å². The first kappa shape index (κ1) is 24.0. The molecule has 3 aromatic rings. The number of esters is 1. The van der Waals surface area contributed by atoms with Gasteiger partial charge in [0, 0.05) is 0 Å². The molecule has 3 rings (SSSR count). The lowest BCUT2D eigenvalue weighted by atomic mass is 10.1. The molecular formula is C24H24FNO4S2. The number of hydrogen-bond acceptors (Lipinski definition) is 5. The van der Waals surface area contributed by atoms with Crippen LogP contribution in [0.3, 0.4) is 0 Å². The summed E-state index contributed by atoms with van der Waals surface area (Å²) in [6.07, 6.45) is 0. The van der Waals surface area contributed by atoms with Crippen LogP contribution in [-0.4, -0.2) is 33.3 Å². The van der Waals surface area contributed by atoms with E-state index in [1.165, 1.54) is 43.1 Å². The third kappa shape index (κ3) is 5.76. The van der Waals surface area contributed by atoms with Gasteiger partial charge < -0.3 is 4.74 Å². The minimum Gasteiger partial charge on any atom is -0.468 e. The minimum absolute atomic E-state index is 0.0191. The van der Waals surface area contributed by atoms with E-state index in [0.29, 0.717) is 5.75 Å². The maximum Gasteiger partial charge on any atom is 0.325 e. The number of ether oxygens (including phenoxy) is 1. The summed E-state index contributed by atoms with van der Waals surface area (Å²) >= 11 is 1.46. The fraction of sp³-hybridized carbons (Fsp3) is 0.208. The third-order valence-corrected chi connectivity index (χ3v) is 7.55. The molecule has 2 atom stereocenters. The number of hydrogen-bond donors (Lipinski definition) is 1. The second-order valence-corrected chi connectivity index (χ2v) is 10.1. The van der Waals surface area contributed by atoms with Gasteiger partial charge in [-0.2, -0.15) is 16.5 Å². The SMILES string of the molecule is CCSC(c1ccccc1)C(NS(=O)(=O)c1ccc(-c2ccc(F)cc2)cc1)C(=O)OC. The molecule has 0 aliphatic rings. The molecule has 0 fully saturated rings. The molecule has 5 nitrogen and oxygen atoms in total. The van der Waals surface area contributed by atoms with Crippen LogP contribution in [0.5, 0.6) is 0 Å². The maximum absolute atomic E-state index is 13.2. The Morgan fingerprint density at radius 2 is 1.53 bits per heavy atom. The number of benzene rings is 3. The third-order valence-electron chi connectivity index (χ3n) is 4.86. The van der Waals surface area contributed by atoms with Crippen molar-refractivity contribution in [1.29, 1.82) is 0 Å². The molecule has 1 N–H and O–H groups in total. The zero-order valence-electron chi connectivity index (χ0n) is 17.7. The maximum atomic E-state index is 13.2. The van der Waals surface area contributed by atoms with Crippen LogP contribution in [0.15, 0.2) is 83.8 Å². The standard InChI is InChI=1S/C24H24FNO4S2/c1-3-31-23(19-7-5-4-6-8-19)22(24(27)30-2)26-32(28,29)21-15-11-18(12-16-21)17-9-13-20(25)14-10-17/h4-16,22-23,26H,3H2,1-2H3. The van der Waals surface area contributed by atoms with Crippen LogP contribution in [0.25, 0.3) is 11.1 Å². The highest BCUT2D eigenvalue weighted by molar-refractivity contribution is 7.99. The average Bonchev–Trinajstić information content (AvgIpc) is 2.82. The van der Waals surface area contributed by atoms with Crippen LogP contribution in [-0.2, 0) is 19.6 Å². The van der Waals surface area contributed by atoms with E-state index in [0.717, 1.165) is 16.7 Å². The van der Waals surface area contributed by atoms with E-state index in [2.05, 4.69) is 4.72 Å². The lowest BCUT2D eigenvalue weighted by Crippen LogP contribution is -2.44. The summed E-state index contributed by atoms with van der Waals surface area (Å²) < 4.78 is 46.8. The molecule has 0 amide bonds. The van der Waals surface area contributed by atoms with Gasteiger partial charge in [0.15, 0.2) is 0 Å². The Labute approximate surface area is 192 Å². The molecule has 2 unspecified atom stereocenters. The molecular weight excluding hydrogens is 449 g/mol. The van der Waals surface area contributed by atoms with Gasteiger partial charge >= 0.3 is 5.97 Å². The zero-order chi connectivity index (χ0) is 23.1. The van der Waals surface area contributed by atoms with E-state index in [9.17, 15) is 17.6 Å². The number of sulfonamides is 1. The fourth-order valence-corrected chi connectivity index (χ4v) is 5.64. The summed E-state index contributed by atoms with van der Waals surface area (Å²) in [7, 11) is -2.78. The lowest BCUT2D eigenvalue weighted by molar-refractivity contribution is -0.142. The molecule has 0 bridgehead atoms. The monoisotopic (exact) mass is 473 g/mol. The second-order valence-electron chi connectivity index (χ2n) is 6.94. The highest BCUT2D eigenvalue weighted by Crippen LogP contribution is 2.33. The normalized spacial score (nSPS) is 13.3. The van der Waals surface area contributed by atoms with Gasteiger partial charge in [-0.05, 0) is 46.7 Å². The van der Waals surface area contributed by atoms with Crippen molar-refractivity contribution in [2.24, 2.45) is 0 Å². The Balaban J connectivity index is 1.89. The average molecular weight is 474 g/mol. The number of carbonyl (C=O) groups is 1. The second kappa shape index (κ2) is 10.8. The fourth-order valence-electron chi connectivity index (χ4n) is 3.27. The van der Waals surface area contributed by atoms with Crippen LogP contribution >= 0.6 is 11.8 Å². The number of nitrogens with one attached hydrogen (secondary N) is 1. The molecule has 0 saturated heterocycles. The molecule has 0 saturated carbocycles. The van der Waals surface area contributed by atoms with E-state index in [-0.39, 0.29) is 10.7 Å². The largest absolute Gasteiger partial charge is 0.468 e. The summed E-state index contributed by atoms with van der Waals surface area (Å²) in [5.74, 6) is -0.323. The Bertz CT molecular complexity index is 1130. The molecule has 0 aromatic heterocycles. The van der Waals surface area contributed by atoms with Gasteiger partial charge in [-0.25, -0.2) is 12.8 Å². The molecule has 0 aliphatic heterocycles. The summed E-state index contributed by atoms with van der Waals surface area (Å²) in [6, 6.07) is 20.3. The Morgan fingerprint density at radius 3 is 2.06 bits per heavy atom. The van der Waals surface area contributed by atoms with E-state index in [1.807, 2.05) is 37.3 Å². The minimum atomic E-state index is -4.02. The van der Waals surface area contributed by atoms with Crippen molar-refractivity contribution in [3.8, 4) is 11.1 Å². The summed E-state index contributed by atoms with van der Waals surface area (Å²) in [5.41, 5.74) is 2.33. The highest BCUT2D eigenvalue weighted by Gasteiger charge is 2.34. The summed E-state index contributed by atoms with van der Waals surface area (Å²) in [5, 5.41) is -0.457. The van der Waals surface area contributed by atoms with Crippen molar-refractivity contribution < 1.29 is 22.3 Å². The van der Waals surface area contributed by atoms with Gasteiger partial charge in [0.25, 0.3) is 0 Å². The van der Waals surface area contributed by atoms with Gasteiger partial charge in [-0.3, -0.25) is 4.79 Å². The Kier molecular flexibility index (Phi) is 8.06. The van der Waals surface area contributed by atoms with Crippen molar-refractivity contribution in [1.82, 2.24) is 4.72 Å². The summed E-state index contributed by atoms with van der Waals surface area (Å²) in [4.78, 5) is 12.6. The van der Waals surface area contributed by atoms with Crippen molar-refractivity contribution in [3.05, 3.63) is 90.2 Å². The van der Waals surface area contributed by atoms with Crippen molar-refractivity contribution >= 4 is 27.8 Å². The number of carbonyl (C=O) groups excluding carboxylic acids is 1. The smallest absolute Gasteiger partial charge is 0.325 e. The molecule has 168 valence electrons. The van der Waals surface area contributed by atoms with E-state index < -0.39 is 27.3 Å². The van der Waals surface area contributed by atoms with Gasteiger partial charge in [0.05, 0.1) is 17.3 Å². The van der Waals surface area contributed by atoms with Crippen LogP contribution in [0, 0.1) is 5.82 Å². The van der Waals surface area contributed by atoms with Crippen molar-refractivity contribution in [2.75, 3.05) is 12.9 Å². The predicted octanol–water partition coefficient (Wildman–Crippen LogP) is 4.81. The molecule has 0 heterocycles. The number of thioether (sulfide) groups is 1. The quantitative estimate of drug-likeness (QED) is 0.452. The molecule has 8 heteroatoms. The zero-order valence-corrected chi connectivity index (χ0v) is 19.3. The predicted molar refractivity (Wildman–Crippen MR) is 125 cm³/mol. The van der Waals surface area contributed by atoms with Gasteiger partial charge in [-0.1, -0.05) is 61.5 Å². The molecule has 0 aliphatic carbocycles. The Morgan fingerprint density at radius 1 is 0.969 bits per heavy atom. The first-order valence-electron chi connectivity index (χ1n) is 9.98. The van der Waals surface area contributed by atoms with Crippen LogP contribution in [0.1, 0.15) is 17.7 Å². The van der Waals surface area contributed by atoms with Crippen molar-refractivity contribution in [2.45, 2.75) is 23.1 Å². The topological polar surface area (TPSA) is 72.5 Å². The van der Waals surface area contributed by atoms with Crippen LogP contribution in [0.4, 0.5) is 4.39 Å². The van der Waals surface area contributed by atoms with Gasteiger partial charge in [-0.15, -0.1) is 0 Å². The summed E-state index contributed by atoms with van der Waals surface area (Å²) in [6.45, 7) is 1.94. The first-order valence-corrected chi connectivity index (χ1v) is 12.5. The molecule has 0 radical (unpaired) electrons. The molecule has 0 spiro atoms. The Hall–Kier alpha value is -2.68.